The molecule has 0 fully saturated rings. The van der Waals surface area contributed by atoms with Gasteiger partial charge in [-0.05, 0) is 31.0 Å². The van der Waals surface area contributed by atoms with Crippen molar-refractivity contribution in [2.45, 2.75) is 25.9 Å². The summed E-state index contributed by atoms with van der Waals surface area (Å²) in [7, 11) is 2.98. The zero-order valence-electron chi connectivity index (χ0n) is 17.1. The number of carbonyl (C=O) groups excluding carboxylic acids is 2. The van der Waals surface area contributed by atoms with Gasteiger partial charge in [-0.15, -0.1) is 0 Å². The monoisotopic (exact) mass is 446 g/mol. The Morgan fingerprint density at radius 2 is 2.06 bits per heavy atom. The molecule has 2 aromatic rings. The van der Waals surface area contributed by atoms with Gasteiger partial charge < -0.3 is 14.9 Å². The molecule has 8 nitrogen and oxygen atoms in total. The van der Waals surface area contributed by atoms with Crippen LogP contribution < -0.4 is 5.56 Å². The van der Waals surface area contributed by atoms with Gasteiger partial charge in [0.25, 0.3) is 17.4 Å². The fourth-order valence-corrected chi connectivity index (χ4v) is 3.79. The van der Waals surface area contributed by atoms with Crippen molar-refractivity contribution in [2.75, 3.05) is 20.6 Å². The summed E-state index contributed by atoms with van der Waals surface area (Å²) in [6, 6.07) is 4.93. The number of fused-ring (bicyclic) bond motifs is 1. The second kappa shape index (κ2) is 8.40. The van der Waals surface area contributed by atoms with Crippen molar-refractivity contribution in [1.29, 1.82) is 5.26 Å². The Hall–Kier alpha value is -3.38. The highest BCUT2D eigenvalue weighted by Gasteiger charge is 2.36. The topological polar surface area (TPSA) is 107 Å². The van der Waals surface area contributed by atoms with Crippen LogP contribution in [0.4, 0.5) is 4.39 Å². The summed E-state index contributed by atoms with van der Waals surface area (Å²) in [5, 5.41) is 19.8. The third-order valence-corrected chi connectivity index (χ3v) is 5.45. The molecule has 0 saturated carbocycles. The van der Waals surface area contributed by atoms with E-state index in [1.807, 2.05) is 6.07 Å². The predicted octanol–water partition coefficient (Wildman–Crippen LogP) is 2.33. The van der Waals surface area contributed by atoms with Gasteiger partial charge in [0.15, 0.2) is 5.75 Å². The average molecular weight is 447 g/mol. The third kappa shape index (κ3) is 3.86. The van der Waals surface area contributed by atoms with Gasteiger partial charge in [-0.1, -0.05) is 17.7 Å². The maximum Gasteiger partial charge on any atom is 0.295 e. The van der Waals surface area contributed by atoms with Crippen LogP contribution in [0.2, 0.25) is 5.02 Å². The van der Waals surface area contributed by atoms with Gasteiger partial charge in [-0.2, -0.15) is 5.26 Å². The van der Waals surface area contributed by atoms with E-state index < -0.39 is 35.0 Å². The van der Waals surface area contributed by atoms with Crippen LogP contribution in [0.3, 0.4) is 0 Å². The summed E-state index contributed by atoms with van der Waals surface area (Å²) in [5.74, 6) is -2.58. The first-order chi connectivity index (χ1) is 14.6. The molecule has 0 spiro atoms. The van der Waals surface area contributed by atoms with E-state index in [0.717, 1.165) is 4.57 Å². The molecule has 0 aliphatic carbocycles. The number of nitriles is 1. The molecule has 1 aliphatic rings. The Balaban J connectivity index is 2.14. The molecule has 2 amide bonds. The second-order valence-corrected chi connectivity index (χ2v) is 7.86. The maximum absolute atomic E-state index is 13.4. The van der Waals surface area contributed by atoms with Crippen molar-refractivity contribution in [3.05, 3.63) is 61.8 Å². The van der Waals surface area contributed by atoms with E-state index in [4.69, 9.17) is 11.6 Å². The molecule has 1 aliphatic heterocycles. The summed E-state index contributed by atoms with van der Waals surface area (Å²) in [5.41, 5.74) is -0.543. The average Bonchev–Trinajstić information content (AvgIpc) is 2.73. The van der Waals surface area contributed by atoms with E-state index in [1.54, 1.807) is 0 Å². The number of benzene rings is 1. The van der Waals surface area contributed by atoms with Gasteiger partial charge >= 0.3 is 0 Å². The van der Waals surface area contributed by atoms with Crippen molar-refractivity contribution >= 4 is 23.4 Å². The first-order valence-electron chi connectivity index (χ1n) is 9.43. The molecule has 1 unspecified atom stereocenters. The number of hydrogen-bond acceptors (Lipinski definition) is 5. The fraction of sp³-hybridized carbons (Fsp3) is 0.333. The number of hydrogen-bond donors (Lipinski definition) is 1. The molecule has 1 aromatic heterocycles. The van der Waals surface area contributed by atoms with E-state index in [0.29, 0.717) is 5.56 Å². The van der Waals surface area contributed by atoms with Crippen molar-refractivity contribution in [1.82, 2.24) is 14.4 Å². The van der Waals surface area contributed by atoms with Crippen molar-refractivity contribution in [3.63, 3.8) is 0 Å². The summed E-state index contributed by atoms with van der Waals surface area (Å²) >= 11 is 5.81. The van der Waals surface area contributed by atoms with Crippen LogP contribution >= 0.6 is 11.6 Å². The third-order valence-electron chi connectivity index (χ3n) is 5.16. The first kappa shape index (κ1) is 22.3. The number of aromatic hydroxyl groups is 1. The highest BCUT2D eigenvalue weighted by molar-refractivity contribution is 6.30. The van der Waals surface area contributed by atoms with Crippen LogP contribution in [0.1, 0.15) is 44.9 Å². The van der Waals surface area contributed by atoms with Crippen LogP contribution in [-0.2, 0) is 13.0 Å². The van der Waals surface area contributed by atoms with E-state index in [-0.39, 0.29) is 41.4 Å². The van der Waals surface area contributed by atoms with Crippen LogP contribution in [0.5, 0.6) is 5.75 Å². The Morgan fingerprint density at radius 1 is 1.39 bits per heavy atom. The quantitative estimate of drug-likeness (QED) is 0.775. The minimum absolute atomic E-state index is 0.0758. The van der Waals surface area contributed by atoms with Crippen LogP contribution in [0.15, 0.2) is 23.0 Å². The molecule has 1 atom stereocenters. The molecule has 1 aromatic carbocycles. The molecule has 3 rings (SSSR count). The number of aromatic nitrogens is 1. The molecular formula is C21H20ClFN4O4. The largest absolute Gasteiger partial charge is 0.502 e. The zero-order valence-corrected chi connectivity index (χ0v) is 17.9. The lowest BCUT2D eigenvalue weighted by molar-refractivity contribution is 0.0719. The fourth-order valence-electron chi connectivity index (χ4n) is 3.59. The molecule has 31 heavy (non-hydrogen) atoms. The van der Waals surface area contributed by atoms with Gasteiger partial charge in [-0.3, -0.25) is 19.0 Å². The SMILES string of the molecule is CC(C#N)n1c(C(=O)N(C)C)c2c(c(O)c1=O)C(=O)N(Cc1ccc(F)c(Cl)c1)CC2. The number of amides is 2. The molecule has 0 bridgehead atoms. The van der Waals surface area contributed by atoms with E-state index in [1.165, 1.54) is 49.0 Å². The van der Waals surface area contributed by atoms with Gasteiger partial charge in [-0.25, -0.2) is 4.39 Å². The highest BCUT2D eigenvalue weighted by Crippen LogP contribution is 2.30. The summed E-state index contributed by atoms with van der Waals surface area (Å²) in [6.45, 7) is 1.69. The number of nitrogens with zero attached hydrogens (tertiary/aromatic N) is 4. The molecule has 0 radical (unpaired) electrons. The maximum atomic E-state index is 13.4. The Labute approximate surface area is 182 Å². The smallest absolute Gasteiger partial charge is 0.295 e. The number of carbonyl (C=O) groups is 2. The molecule has 1 N–H and O–H groups in total. The lowest BCUT2D eigenvalue weighted by Gasteiger charge is -2.32. The standard InChI is InChI=1S/C21H20ClFN4O4/c1-11(9-24)27-17(20(30)25(2)3)13-6-7-26(19(29)16(13)18(28)21(27)31)10-12-4-5-15(23)14(22)8-12/h4-5,8,11,28H,6-7,10H2,1-3H3. The Bertz CT molecular complexity index is 1190. The Morgan fingerprint density at radius 3 is 2.65 bits per heavy atom. The Kier molecular flexibility index (Phi) is 6.04. The van der Waals surface area contributed by atoms with Crippen molar-refractivity contribution < 1.29 is 19.1 Å². The van der Waals surface area contributed by atoms with Crippen molar-refractivity contribution in [3.8, 4) is 11.8 Å². The first-order valence-corrected chi connectivity index (χ1v) is 9.81. The van der Waals surface area contributed by atoms with E-state index in [9.17, 15) is 29.1 Å². The van der Waals surface area contributed by atoms with Crippen molar-refractivity contribution in [2.24, 2.45) is 0 Å². The lowest BCUT2D eigenvalue weighted by Crippen LogP contribution is -2.43. The number of rotatable bonds is 4. The summed E-state index contributed by atoms with van der Waals surface area (Å²) in [6.07, 6.45) is 0.177. The molecule has 162 valence electrons. The van der Waals surface area contributed by atoms with Gasteiger partial charge in [0.2, 0.25) is 0 Å². The molecule has 0 saturated heterocycles. The predicted molar refractivity (Wildman–Crippen MR) is 111 cm³/mol. The normalized spacial score (nSPS) is 14.1. The molecule has 2 heterocycles. The summed E-state index contributed by atoms with van der Waals surface area (Å²) < 4.78 is 14.4. The van der Waals surface area contributed by atoms with Crippen LogP contribution in [-0.4, -0.2) is 51.9 Å². The van der Waals surface area contributed by atoms with E-state index >= 15 is 0 Å². The van der Waals surface area contributed by atoms with Crippen LogP contribution in [0, 0.1) is 17.1 Å². The van der Waals surface area contributed by atoms with Crippen LogP contribution in [0.25, 0.3) is 0 Å². The van der Waals surface area contributed by atoms with Gasteiger partial charge in [0, 0.05) is 32.7 Å². The zero-order chi connectivity index (χ0) is 23.0. The van der Waals surface area contributed by atoms with Gasteiger partial charge in [0.05, 0.1) is 16.7 Å². The lowest BCUT2D eigenvalue weighted by atomic mass is 9.94. The van der Waals surface area contributed by atoms with E-state index in [2.05, 4.69) is 0 Å². The highest BCUT2D eigenvalue weighted by atomic mass is 35.5. The van der Waals surface area contributed by atoms with Gasteiger partial charge in [0.1, 0.15) is 17.6 Å². The molecule has 10 heteroatoms. The minimum atomic E-state index is -1.03. The molecular weight excluding hydrogens is 427 g/mol. The number of halogens is 2. The minimum Gasteiger partial charge on any atom is -0.502 e. The second-order valence-electron chi connectivity index (χ2n) is 7.46. The summed E-state index contributed by atoms with van der Waals surface area (Å²) in [4.78, 5) is 41.5. The number of pyridine rings is 1.